The number of nitrogens with one attached hydrogen (secondary N) is 1. The van der Waals surface area contributed by atoms with Gasteiger partial charge in [0.2, 0.25) is 0 Å². The highest BCUT2D eigenvalue weighted by Crippen LogP contribution is 2.21. The molecule has 1 N–H and O–H groups in total. The molecule has 0 aliphatic rings. The lowest BCUT2D eigenvalue weighted by Gasteiger charge is -2.13. The van der Waals surface area contributed by atoms with Crippen molar-refractivity contribution in [2.24, 2.45) is 0 Å². The summed E-state index contributed by atoms with van der Waals surface area (Å²) >= 11 is 0. The van der Waals surface area contributed by atoms with Gasteiger partial charge in [0.05, 0.1) is 0 Å². The standard InChI is InChI=1S/C12H19NO.C3H8.C2H6/c1-4-6-10(5-2)11-8-7-9(3)12(14)13-11;1-3-2;1-2/h7-8,10H,4-6H2,1-3H3,(H,13,14);3H2,1-2H3;1-2H3. The lowest BCUT2D eigenvalue weighted by atomic mass is 9.96. The predicted molar refractivity (Wildman–Crippen MR) is 87.1 cm³/mol. The third kappa shape index (κ3) is 8.63. The molecule has 0 fully saturated rings. The summed E-state index contributed by atoms with van der Waals surface area (Å²) in [4.78, 5) is 14.4. The predicted octanol–water partition coefficient (Wildman–Crippen LogP) is 5.42. The van der Waals surface area contributed by atoms with E-state index in [1.54, 1.807) is 0 Å². The molecule has 1 rings (SSSR count). The van der Waals surface area contributed by atoms with E-state index in [0.717, 1.165) is 30.5 Å². The van der Waals surface area contributed by atoms with Crippen LogP contribution in [0.2, 0.25) is 0 Å². The van der Waals surface area contributed by atoms with Crippen molar-refractivity contribution in [2.75, 3.05) is 0 Å². The van der Waals surface area contributed by atoms with Crippen LogP contribution in [0.1, 0.15) is 84.4 Å². The molecule has 2 nitrogen and oxygen atoms in total. The average molecular weight is 267 g/mol. The molecule has 1 unspecified atom stereocenters. The number of aromatic nitrogens is 1. The minimum atomic E-state index is 0.0528. The summed E-state index contributed by atoms with van der Waals surface area (Å²) in [6, 6.07) is 3.95. The van der Waals surface area contributed by atoms with Crippen LogP contribution in [0.5, 0.6) is 0 Å². The van der Waals surface area contributed by atoms with E-state index in [0.29, 0.717) is 5.92 Å². The summed E-state index contributed by atoms with van der Waals surface area (Å²) in [5.41, 5.74) is 1.93. The van der Waals surface area contributed by atoms with Gasteiger partial charge in [0.1, 0.15) is 0 Å². The van der Waals surface area contributed by atoms with Crippen molar-refractivity contribution < 1.29 is 0 Å². The third-order valence-electron chi connectivity index (χ3n) is 2.70. The van der Waals surface area contributed by atoms with Crippen LogP contribution < -0.4 is 5.56 Å². The van der Waals surface area contributed by atoms with E-state index in [1.807, 2.05) is 32.9 Å². The van der Waals surface area contributed by atoms with Crippen LogP contribution in [0.15, 0.2) is 16.9 Å². The molecule has 0 bridgehead atoms. The Morgan fingerprint density at radius 3 is 2.00 bits per heavy atom. The van der Waals surface area contributed by atoms with Crippen molar-refractivity contribution in [2.45, 2.75) is 80.1 Å². The lowest BCUT2D eigenvalue weighted by molar-refractivity contribution is 0.579. The fourth-order valence-corrected chi connectivity index (χ4v) is 1.73. The molecule has 0 spiro atoms. The summed E-state index contributed by atoms with van der Waals surface area (Å²) in [6.07, 6.45) is 4.65. The Balaban J connectivity index is 0. The first-order chi connectivity index (χ1) is 9.10. The molecule has 0 saturated carbocycles. The second-order valence-electron chi connectivity index (χ2n) is 4.53. The van der Waals surface area contributed by atoms with Crippen molar-refractivity contribution in [3.05, 3.63) is 33.7 Å². The lowest BCUT2D eigenvalue weighted by Crippen LogP contribution is -2.13. The molecular weight excluding hydrogens is 234 g/mol. The van der Waals surface area contributed by atoms with Crippen molar-refractivity contribution in [1.82, 2.24) is 4.98 Å². The molecule has 0 saturated heterocycles. The zero-order chi connectivity index (χ0) is 15.3. The topological polar surface area (TPSA) is 32.9 Å². The summed E-state index contributed by atoms with van der Waals surface area (Å²) in [5, 5.41) is 0. The van der Waals surface area contributed by atoms with Crippen molar-refractivity contribution >= 4 is 0 Å². The summed E-state index contributed by atoms with van der Waals surface area (Å²) in [7, 11) is 0. The smallest absolute Gasteiger partial charge is 0.251 e. The van der Waals surface area contributed by atoms with Gasteiger partial charge in [-0.25, -0.2) is 0 Å². The van der Waals surface area contributed by atoms with Gasteiger partial charge in [-0.3, -0.25) is 4.79 Å². The first-order valence-corrected chi connectivity index (χ1v) is 7.80. The van der Waals surface area contributed by atoms with Gasteiger partial charge in [-0.05, 0) is 31.7 Å². The first-order valence-electron chi connectivity index (χ1n) is 7.80. The zero-order valence-corrected chi connectivity index (χ0v) is 14.0. The quantitative estimate of drug-likeness (QED) is 0.776. The maximum Gasteiger partial charge on any atom is 0.251 e. The molecule has 0 aliphatic heterocycles. The van der Waals surface area contributed by atoms with Crippen LogP contribution in [0.25, 0.3) is 0 Å². The Labute approximate surface area is 119 Å². The van der Waals surface area contributed by atoms with Gasteiger partial charge in [0.25, 0.3) is 5.56 Å². The van der Waals surface area contributed by atoms with Gasteiger partial charge in [-0.1, -0.05) is 60.5 Å². The molecule has 19 heavy (non-hydrogen) atoms. The fraction of sp³-hybridized carbons (Fsp3) is 0.706. The molecule has 0 aromatic carbocycles. The highest BCUT2D eigenvalue weighted by atomic mass is 16.1. The van der Waals surface area contributed by atoms with Gasteiger partial charge < -0.3 is 4.98 Å². The number of hydrogen-bond acceptors (Lipinski definition) is 1. The van der Waals surface area contributed by atoms with Crippen LogP contribution in [-0.2, 0) is 0 Å². The highest BCUT2D eigenvalue weighted by molar-refractivity contribution is 5.15. The monoisotopic (exact) mass is 267 g/mol. The van der Waals surface area contributed by atoms with Gasteiger partial charge >= 0.3 is 0 Å². The fourth-order valence-electron chi connectivity index (χ4n) is 1.73. The van der Waals surface area contributed by atoms with Gasteiger partial charge in [-0.2, -0.15) is 0 Å². The van der Waals surface area contributed by atoms with E-state index in [2.05, 4.69) is 32.7 Å². The van der Waals surface area contributed by atoms with Crippen LogP contribution in [0.3, 0.4) is 0 Å². The normalized spacial score (nSPS) is 10.7. The minimum Gasteiger partial charge on any atom is -0.326 e. The Morgan fingerprint density at radius 2 is 1.63 bits per heavy atom. The van der Waals surface area contributed by atoms with E-state index in [1.165, 1.54) is 6.42 Å². The number of rotatable bonds is 4. The Hall–Kier alpha value is -1.05. The Bertz CT molecular complexity index is 355. The maximum atomic E-state index is 11.4. The van der Waals surface area contributed by atoms with Crippen molar-refractivity contribution in [3.8, 4) is 0 Å². The van der Waals surface area contributed by atoms with Gasteiger partial charge in [0, 0.05) is 11.3 Å². The number of aryl methyl sites for hydroxylation is 1. The largest absolute Gasteiger partial charge is 0.326 e. The summed E-state index contributed by atoms with van der Waals surface area (Å²) < 4.78 is 0. The average Bonchev–Trinajstić information content (AvgIpc) is 2.42. The van der Waals surface area contributed by atoms with Crippen molar-refractivity contribution in [1.29, 1.82) is 0 Å². The number of hydrogen-bond donors (Lipinski definition) is 1. The summed E-state index contributed by atoms with van der Waals surface area (Å²) in [5.74, 6) is 0.508. The van der Waals surface area contributed by atoms with Crippen molar-refractivity contribution in [3.63, 3.8) is 0 Å². The molecule has 1 aromatic heterocycles. The number of pyridine rings is 1. The number of aromatic amines is 1. The zero-order valence-electron chi connectivity index (χ0n) is 14.0. The molecule has 1 atom stereocenters. The molecular formula is C17H33NO. The van der Waals surface area contributed by atoms with Crippen LogP contribution in [-0.4, -0.2) is 4.98 Å². The molecule has 1 heterocycles. The van der Waals surface area contributed by atoms with E-state index in [9.17, 15) is 4.79 Å². The molecule has 0 radical (unpaired) electrons. The summed E-state index contributed by atoms with van der Waals surface area (Å²) in [6.45, 7) is 14.4. The van der Waals surface area contributed by atoms with E-state index in [-0.39, 0.29) is 5.56 Å². The molecule has 1 aromatic rings. The molecule has 112 valence electrons. The second-order valence-corrected chi connectivity index (χ2v) is 4.53. The Kier molecular flexibility index (Phi) is 14.3. The van der Waals surface area contributed by atoms with E-state index >= 15 is 0 Å². The van der Waals surface area contributed by atoms with E-state index in [4.69, 9.17) is 0 Å². The third-order valence-corrected chi connectivity index (χ3v) is 2.70. The van der Waals surface area contributed by atoms with Crippen LogP contribution >= 0.6 is 0 Å². The molecule has 0 aliphatic carbocycles. The SMILES string of the molecule is CC.CCC.CCCC(CC)c1ccc(C)c(=O)[nH]1. The molecule has 0 amide bonds. The maximum absolute atomic E-state index is 11.4. The van der Waals surface area contributed by atoms with Gasteiger partial charge in [-0.15, -0.1) is 0 Å². The second kappa shape index (κ2) is 13.4. The van der Waals surface area contributed by atoms with Gasteiger partial charge in [0.15, 0.2) is 0 Å². The van der Waals surface area contributed by atoms with Crippen LogP contribution in [0.4, 0.5) is 0 Å². The molecule has 2 heteroatoms. The number of H-pyrrole nitrogens is 1. The Morgan fingerprint density at radius 1 is 1.11 bits per heavy atom. The van der Waals surface area contributed by atoms with E-state index < -0.39 is 0 Å². The van der Waals surface area contributed by atoms with Crippen LogP contribution in [0, 0.1) is 6.92 Å². The minimum absolute atomic E-state index is 0.0528. The first kappa shape index (κ1) is 20.3. The highest BCUT2D eigenvalue weighted by Gasteiger charge is 2.09.